The van der Waals surface area contributed by atoms with Gasteiger partial charge in [-0.05, 0) is 5.73 Å². The molecule has 0 spiro atoms. The van der Waals surface area contributed by atoms with E-state index in [9.17, 15) is 18.3 Å². The Kier molecular flexibility index (Phi) is 3.81. The quantitative estimate of drug-likeness (QED) is 0.340. The summed E-state index contributed by atoms with van der Waals surface area (Å²) in [6.45, 7) is 0. The summed E-state index contributed by atoms with van der Waals surface area (Å²) >= 11 is 0. The number of allylic oxidation sites excluding steroid dienone is 1. The van der Waals surface area contributed by atoms with Gasteiger partial charge in [-0.3, -0.25) is 0 Å². The van der Waals surface area contributed by atoms with Gasteiger partial charge in [0, 0.05) is 12.0 Å². The maximum absolute atomic E-state index is 11.3. The third kappa shape index (κ3) is 6.59. The molecule has 2 nitrogen and oxygen atoms in total. The fourth-order valence-corrected chi connectivity index (χ4v) is 0.272. The van der Waals surface area contributed by atoms with Gasteiger partial charge in [-0.1, -0.05) is 5.92 Å². The van der Waals surface area contributed by atoms with Crippen LogP contribution in [0.25, 0.3) is 0 Å². The van der Waals surface area contributed by atoms with E-state index >= 15 is 0 Å². The van der Waals surface area contributed by atoms with Crippen LogP contribution >= 0.6 is 0 Å². The van der Waals surface area contributed by atoms with E-state index in [2.05, 4.69) is 4.74 Å². The van der Waals surface area contributed by atoms with Crippen LogP contribution in [0, 0.1) is 11.8 Å². The highest BCUT2D eigenvalue weighted by Gasteiger charge is 2.22. The molecule has 0 aromatic heterocycles. The highest BCUT2D eigenvalue weighted by Crippen LogP contribution is 2.11. The number of hydrogen-bond donors (Lipinski definition) is 0. The largest absolute Gasteiger partial charge is 0.460 e. The molecule has 0 atom stereocenters. The van der Waals surface area contributed by atoms with E-state index in [4.69, 9.17) is 0 Å². The minimum Gasteiger partial charge on any atom is -0.460 e. The number of methoxy groups -OCH3 is 1. The van der Waals surface area contributed by atoms with E-state index in [1.807, 2.05) is 5.73 Å². The average molecular weight is 177 g/mol. The van der Waals surface area contributed by atoms with E-state index in [-0.39, 0.29) is 0 Å². The van der Waals surface area contributed by atoms with E-state index in [0.717, 1.165) is 13.0 Å². The number of alkyl halides is 3. The minimum atomic E-state index is -4.55. The van der Waals surface area contributed by atoms with Crippen molar-refractivity contribution in [2.24, 2.45) is 0 Å². The lowest BCUT2D eigenvalue weighted by Gasteiger charge is -1.89. The third-order valence-electron chi connectivity index (χ3n) is 0.661. The van der Waals surface area contributed by atoms with Crippen LogP contribution in [0.15, 0.2) is 17.8 Å². The van der Waals surface area contributed by atoms with Crippen molar-refractivity contribution in [1.29, 1.82) is 0 Å². The Labute approximate surface area is 67.0 Å². The van der Waals surface area contributed by atoms with Crippen molar-refractivity contribution in [2.45, 2.75) is 6.18 Å². The Morgan fingerprint density at radius 1 is 1.50 bits per heavy atom. The molecule has 0 aromatic rings. The summed E-state index contributed by atoms with van der Waals surface area (Å²) in [6, 6.07) is 0. The van der Waals surface area contributed by atoms with Gasteiger partial charge in [0.1, 0.15) is 0 Å². The fraction of sp³-hybridized carbons (Fsp3) is 0.286. The van der Waals surface area contributed by atoms with Crippen LogP contribution in [-0.4, -0.2) is 13.3 Å². The molecule has 0 amide bonds. The predicted molar refractivity (Wildman–Crippen MR) is 33.1 cm³/mol. The van der Waals surface area contributed by atoms with Crippen LogP contribution < -0.4 is 0 Å². The van der Waals surface area contributed by atoms with Gasteiger partial charge in [-0.25, -0.2) is 5.11 Å². The van der Waals surface area contributed by atoms with Crippen LogP contribution in [0.3, 0.4) is 0 Å². The average Bonchev–Trinajstić information content (AvgIpc) is 1.96. The van der Waals surface area contributed by atoms with Gasteiger partial charge in [0.2, 0.25) is 0 Å². The van der Waals surface area contributed by atoms with E-state index in [1.54, 1.807) is 5.92 Å². The van der Waals surface area contributed by atoms with Crippen molar-refractivity contribution in [1.82, 2.24) is 0 Å². The smallest absolute Gasteiger partial charge is 0.458 e. The van der Waals surface area contributed by atoms with Gasteiger partial charge < -0.3 is 4.74 Å². The zero-order valence-electron chi connectivity index (χ0n) is 6.03. The van der Waals surface area contributed by atoms with Crippen LogP contribution in [0.2, 0.25) is 0 Å². The zero-order chi connectivity index (χ0) is 9.61. The highest BCUT2D eigenvalue weighted by molar-refractivity contribution is 5.17. The van der Waals surface area contributed by atoms with Gasteiger partial charge in [-0.2, -0.15) is 13.2 Å². The van der Waals surface area contributed by atoms with Gasteiger partial charge in [0.25, 0.3) is 0 Å². The van der Waals surface area contributed by atoms with Crippen molar-refractivity contribution < 1.29 is 23.0 Å². The third-order valence-corrected chi connectivity index (χ3v) is 0.661. The molecule has 0 aliphatic rings. The lowest BCUT2D eigenvalue weighted by Crippen LogP contribution is -2.00. The highest BCUT2D eigenvalue weighted by atomic mass is 19.4. The predicted octanol–water partition coefficient (Wildman–Crippen LogP) is 1.63. The molecule has 65 valence electrons. The van der Waals surface area contributed by atoms with Crippen molar-refractivity contribution in [2.75, 3.05) is 7.11 Å². The Morgan fingerprint density at radius 3 is 2.50 bits per heavy atom. The number of halogens is 3. The first-order valence-electron chi connectivity index (χ1n) is 2.71. The Morgan fingerprint density at radius 2 is 2.08 bits per heavy atom. The SMILES string of the molecule is COC([O])=C=CC#CC(F)(F)F. The van der Waals surface area contributed by atoms with Crippen LogP contribution in [-0.2, 0) is 9.84 Å². The summed E-state index contributed by atoms with van der Waals surface area (Å²) in [5, 5.41) is 10.2. The van der Waals surface area contributed by atoms with Gasteiger partial charge in [0.15, 0.2) is 0 Å². The summed E-state index contributed by atoms with van der Waals surface area (Å²) in [7, 11) is 1.08. The van der Waals surface area contributed by atoms with Crippen molar-refractivity contribution >= 4 is 0 Å². The van der Waals surface area contributed by atoms with Gasteiger partial charge >= 0.3 is 12.1 Å². The molecule has 0 bridgehead atoms. The molecule has 0 fully saturated rings. The Balaban J connectivity index is 4.30. The van der Waals surface area contributed by atoms with E-state index in [0.29, 0.717) is 6.08 Å². The van der Waals surface area contributed by atoms with Crippen molar-refractivity contribution in [3.63, 3.8) is 0 Å². The second kappa shape index (κ2) is 4.37. The number of ether oxygens (including phenoxy) is 1. The summed E-state index contributed by atoms with van der Waals surface area (Å²) in [6.07, 6.45) is -3.90. The van der Waals surface area contributed by atoms with Crippen LogP contribution in [0.4, 0.5) is 13.2 Å². The topological polar surface area (TPSA) is 29.1 Å². The lowest BCUT2D eigenvalue weighted by molar-refractivity contribution is -0.0696. The molecule has 0 N–H and O–H groups in total. The van der Waals surface area contributed by atoms with Crippen molar-refractivity contribution in [3.8, 4) is 11.8 Å². The first-order valence-corrected chi connectivity index (χ1v) is 2.71. The standard InChI is InChI=1S/C7H4F3O2/c1-12-6(11)4-2-3-5-7(8,9)10/h2H,1H3. The molecule has 5 heteroatoms. The summed E-state index contributed by atoms with van der Waals surface area (Å²) in [4.78, 5) is 0. The lowest BCUT2D eigenvalue weighted by atomic mass is 10.5. The molecule has 0 saturated heterocycles. The monoisotopic (exact) mass is 177 g/mol. The van der Waals surface area contributed by atoms with Crippen LogP contribution in [0.5, 0.6) is 0 Å². The minimum absolute atomic E-state index is 0.652. The maximum atomic E-state index is 11.3. The molecular weight excluding hydrogens is 173 g/mol. The molecule has 0 rings (SSSR count). The second-order valence-electron chi connectivity index (χ2n) is 1.55. The van der Waals surface area contributed by atoms with E-state index in [1.165, 1.54) is 0 Å². The van der Waals surface area contributed by atoms with Crippen molar-refractivity contribution in [3.05, 3.63) is 17.8 Å². The summed E-state index contributed by atoms with van der Waals surface area (Å²) < 4.78 is 38.0. The van der Waals surface area contributed by atoms with E-state index < -0.39 is 12.1 Å². The van der Waals surface area contributed by atoms with Gasteiger partial charge in [-0.15, -0.1) is 0 Å². The summed E-state index contributed by atoms with van der Waals surface area (Å²) in [5.74, 6) is 1.64. The maximum Gasteiger partial charge on any atom is 0.458 e. The normalized spacial score (nSPS) is 9.00. The first kappa shape index (κ1) is 10.5. The molecule has 0 aliphatic heterocycles. The van der Waals surface area contributed by atoms with Crippen LogP contribution in [0.1, 0.15) is 0 Å². The fourth-order valence-electron chi connectivity index (χ4n) is 0.272. The second-order valence-corrected chi connectivity index (χ2v) is 1.55. The molecule has 1 radical (unpaired) electrons. The number of rotatable bonds is 1. The molecule has 0 heterocycles. The molecule has 0 aliphatic carbocycles. The zero-order valence-corrected chi connectivity index (χ0v) is 6.03. The summed E-state index contributed by atoms with van der Waals surface area (Å²) in [5.41, 5.74) is 1.85. The molecule has 0 aromatic carbocycles. The Hall–Kier alpha value is -1.53. The first-order chi connectivity index (χ1) is 5.45. The number of hydrogen-bond acceptors (Lipinski definition) is 1. The Bertz CT molecular complexity index is 261. The molecular formula is C7H4F3O2. The molecule has 12 heavy (non-hydrogen) atoms. The molecule has 0 saturated carbocycles. The van der Waals surface area contributed by atoms with Gasteiger partial charge in [0.05, 0.1) is 7.11 Å². The molecule has 0 unspecified atom stereocenters.